The summed E-state index contributed by atoms with van der Waals surface area (Å²) < 4.78 is 21.5. The number of hydrogen-bond donors (Lipinski definition) is 2. The molecule has 0 radical (unpaired) electrons. The molecule has 0 fully saturated rings. The molecule has 0 aromatic carbocycles. The van der Waals surface area contributed by atoms with Crippen LogP contribution in [0.2, 0.25) is 0 Å². The van der Waals surface area contributed by atoms with Crippen molar-refractivity contribution in [3.63, 3.8) is 0 Å². The van der Waals surface area contributed by atoms with E-state index in [1.165, 1.54) is 6.26 Å². The van der Waals surface area contributed by atoms with E-state index in [0.29, 0.717) is 19.4 Å². The molecule has 0 aliphatic carbocycles. The first kappa shape index (κ1) is 12.9. The molecule has 0 aromatic heterocycles. The smallest absolute Gasteiger partial charge is 0.147 e. The number of likely N-dealkylation sites (N-methyl/N-ethyl adjacent to an activating group) is 1. The van der Waals surface area contributed by atoms with E-state index >= 15 is 0 Å². The zero-order chi connectivity index (χ0) is 10.3. The maximum Gasteiger partial charge on any atom is 0.147 e. The van der Waals surface area contributed by atoms with Crippen LogP contribution in [-0.2, 0) is 9.84 Å². The number of nitrogens with one attached hydrogen (secondary N) is 1. The van der Waals surface area contributed by atoms with E-state index in [0.717, 1.165) is 6.54 Å². The van der Waals surface area contributed by atoms with Gasteiger partial charge in [0.2, 0.25) is 0 Å². The fourth-order valence-corrected chi connectivity index (χ4v) is 1.69. The first-order valence-electron chi connectivity index (χ1n) is 4.52. The normalized spacial score (nSPS) is 14.4. The van der Waals surface area contributed by atoms with Crippen molar-refractivity contribution in [2.45, 2.75) is 25.9 Å². The summed E-state index contributed by atoms with van der Waals surface area (Å²) in [6.45, 7) is 3.33. The van der Waals surface area contributed by atoms with Gasteiger partial charge in [-0.1, -0.05) is 6.92 Å². The van der Waals surface area contributed by atoms with Crippen LogP contribution in [0.15, 0.2) is 0 Å². The number of sulfone groups is 1. The second-order valence-electron chi connectivity index (χ2n) is 3.23. The van der Waals surface area contributed by atoms with Crippen molar-refractivity contribution < 1.29 is 13.5 Å². The molecular weight excluding hydrogens is 190 g/mol. The molecule has 4 nitrogen and oxygen atoms in total. The van der Waals surface area contributed by atoms with Crippen molar-refractivity contribution in [2.24, 2.45) is 0 Å². The molecule has 0 saturated heterocycles. The minimum atomic E-state index is -2.87. The average Bonchev–Trinajstić information content (AvgIpc) is 1.98. The second kappa shape index (κ2) is 6.34. The van der Waals surface area contributed by atoms with E-state index in [1.807, 2.05) is 6.92 Å². The molecule has 5 heteroatoms. The highest BCUT2D eigenvalue weighted by molar-refractivity contribution is 7.90. The van der Waals surface area contributed by atoms with Crippen LogP contribution >= 0.6 is 0 Å². The Bertz CT molecular complexity index is 213. The van der Waals surface area contributed by atoms with Crippen LogP contribution in [0.3, 0.4) is 0 Å². The van der Waals surface area contributed by atoms with Crippen LogP contribution in [0.4, 0.5) is 0 Å². The van der Waals surface area contributed by atoms with E-state index in [4.69, 9.17) is 0 Å². The van der Waals surface area contributed by atoms with Gasteiger partial charge in [0.15, 0.2) is 0 Å². The minimum Gasteiger partial charge on any atom is -0.392 e. The Morgan fingerprint density at radius 2 is 2.08 bits per heavy atom. The highest BCUT2D eigenvalue weighted by Crippen LogP contribution is 1.98. The first-order chi connectivity index (χ1) is 5.95. The molecule has 0 spiro atoms. The summed E-state index contributed by atoms with van der Waals surface area (Å²) in [6.07, 6.45) is 1.86. The lowest BCUT2D eigenvalue weighted by atomic mass is 10.2. The van der Waals surface area contributed by atoms with E-state index < -0.39 is 15.9 Å². The van der Waals surface area contributed by atoms with Crippen LogP contribution in [0.1, 0.15) is 19.8 Å². The lowest BCUT2D eigenvalue weighted by Gasteiger charge is -2.09. The van der Waals surface area contributed by atoms with E-state index in [2.05, 4.69) is 5.32 Å². The molecule has 0 heterocycles. The Morgan fingerprint density at radius 1 is 1.46 bits per heavy atom. The molecule has 0 rings (SSSR count). The lowest BCUT2D eigenvalue weighted by Crippen LogP contribution is -2.26. The van der Waals surface area contributed by atoms with Gasteiger partial charge in [-0.05, 0) is 19.4 Å². The molecule has 1 unspecified atom stereocenters. The van der Waals surface area contributed by atoms with Gasteiger partial charge in [0.1, 0.15) is 9.84 Å². The van der Waals surface area contributed by atoms with Crippen molar-refractivity contribution in [3.05, 3.63) is 0 Å². The topological polar surface area (TPSA) is 66.4 Å². The summed E-state index contributed by atoms with van der Waals surface area (Å²) in [5.41, 5.74) is 0. The fraction of sp³-hybridized carbons (Fsp3) is 1.00. The van der Waals surface area contributed by atoms with Gasteiger partial charge in [0.05, 0.1) is 6.10 Å². The highest BCUT2D eigenvalue weighted by Gasteiger charge is 2.06. The van der Waals surface area contributed by atoms with Gasteiger partial charge in [-0.15, -0.1) is 0 Å². The van der Waals surface area contributed by atoms with Crippen molar-refractivity contribution in [1.82, 2.24) is 5.32 Å². The number of aliphatic hydroxyl groups is 1. The van der Waals surface area contributed by atoms with Crippen LogP contribution in [0.25, 0.3) is 0 Å². The van der Waals surface area contributed by atoms with Gasteiger partial charge in [-0.3, -0.25) is 0 Å². The molecule has 13 heavy (non-hydrogen) atoms. The van der Waals surface area contributed by atoms with Crippen LogP contribution in [0.5, 0.6) is 0 Å². The van der Waals surface area contributed by atoms with Gasteiger partial charge >= 0.3 is 0 Å². The molecule has 0 saturated carbocycles. The summed E-state index contributed by atoms with van der Waals surface area (Å²) in [5.74, 6) is 0.163. The van der Waals surface area contributed by atoms with Crippen molar-refractivity contribution in [2.75, 3.05) is 25.1 Å². The average molecular weight is 209 g/mol. The Balaban J connectivity index is 3.42. The summed E-state index contributed by atoms with van der Waals surface area (Å²) in [7, 11) is -2.87. The molecule has 0 amide bonds. The third-order valence-corrected chi connectivity index (χ3v) is 2.71. The molecule has 0 bridgehead atoms. The zero-order valence-corrected chi connectivity index (χ0v) is 9.10. The van der Waals surface area contributed by atoms with Crippen molar-refractivity contribution in [1.29, 1.82) is 0 Å². The van der Waals surface area contributed by atoms with Gasteiger partial charge in [-0.25, -0.2) is 8.42 Å². The van der Waals surface area contributed by atoms with Crippen LogP contribution < -0.4 is 5.32 Å². The third-order valence-electron chi connectivity index (χ3n) is 1.68. The van der Waals surface area contributed by atoms with Gasteiger partial charge in [0.25, 0.3) is 0 Å². The fourth-order valence-electron chi connectivity index (χ4n) is 0.994. The molecule has 80 valence electrons. The lowest BCUT2D eigenvalue weighted by molar-refractivity contribution is 0.162. The first-order valence-corrected chi connectivity index (χ1v) is 6.58. The zero-order valence-electron chi connectivity index (χ0n) is 8.28. The van der Waals surface area contributed by atoms with Gasteiger partial charge < -0.3 is 10.4 Å². The Morgan fingerprint density at radius 3 is 2.54 bits per heavy atom. The number of aliphatic hydroxyl groups excluding tert-OH is 1. The second-order valence-corrected chi connectivity index (χ2v) is 5.49. The quantitative estimate of drug-likeness (QED) is 0.608. The third kappa shape index (κ3) is 9.79. The Kier molecular flexibility index (Phi) is 6.28. The standard InChI is InChI=1S/C8H19NO3S/c1-3-9-7-8(10)5-4-6-13(2,11)12/h8-10H,3-7H2,1-2H3. The number of rotatable bonds is 7. The summed E-state index contributed by atoms with van der Waals surface area (Å²) in [4.78, 5) is 0. The largest absolute Gasteiger partial charge is 0.392 e. The molecule has 0 aliphatic heterocycles. The van der Waals surface area contributed by atoms with Gasteiger partial charge in [0, 0.05) is 18.6 Å². The van der Waals surface area contributed by atoms with Crippen LogP contribution in [-0.4, -0.2) is 44.7 Å². The molecule has 2 N–H and O–H groups in total. The van der Waals surface area contributed by atoms with E-state index in [1.54, 1.807) is 0 Å². The SMILES string of the molecule is CCNCC(O)CCCS(C)(=O)=O. The Labute approximate surface area is 80.3 Å². The predicted octanol–water partition coefficient (Wildman–Crippen LogP) is -0.218. The summed E-state index contributed by atoms with van der Waals surface area (Å²) >= 11 is 0. The Hall–Kier alpha value is -0.130. The van der Waals surface area contributed by atoms with Crippen LogP contribution in [0, 0.1) is 0 Å². The summed E-state index contributed by atoms with van der Waals surface area (Å²) in [5, 5.41) is 12.3. The van der Waals surface area contributed by atoms with E-state index in [9.17, 15) is 13.5 Å². The molecule has 0 aromatic rings. The molecule has 0 aliphatic rings. The van der Waals surface area contributed by atoms with Crippen molar-refractivity contribution >= 4 is 9.84 Å². The highest BCUT2D eigenvalue weighted by atomic mass is 32.2. The predicted molar refractivity (Wildman–Crippen MR) is 53.5 cm³/mol. The molecular formula is C8H19NO3S. The maximum absolute atomic E-state index is 10.7. The van der Waals surface area contributed by atoms with E-state index in [-0.39, 0.29) is 5.75 Å². The maximum atomic E-state index is 10.7. The minimum absolute atomic E-state index is 0.163. The summed E-state index contributed by atoms with van der Waals surface area (Å²) in [6, 6.07) is 0. The van der Waals surface area contributed by atoms with Gasteiger partial charge in [-0.2, -0.15) is 0 Å². The monoisotopic (exact) mass is 209 g/mol. The molecule has 1 atom stereocenters. The number of hydrogen-bond acceptors (Lipinski definition) is 4. The van der Waals surface area contributed by atoms with Crippen molar-refractivity contribution in [3.8, 4) is 0 Å².